The second kappa shape index (κ2) is 7.04. The normalized spacial score (nSPS) is 12.4. The number of hydrogen-bond donors (Lipinski definition) is 1. The molecule has 0 bridgehead atoms. The average Bonchev–Trinajstić information content (AvgIpc) is 2.27. The van der Waals surface area contributed by atoms with E-state index in [1.54, 1.807) is 26.0 Å². The van der Waals surface area contributed by atoms with Crippen LogP contribution in [0.2, 0.25) is 5.02 Å². The summed E-state index contributed by atoms with van der Waals surface area (Å²) in [4.78, 5) is 0.0870. The summed E-state index contributed by atoms with van der Waals surface area (Å²) in [5.41, 5.74) is 0. The van der Waals surface area contributed by atoms with Gasteiger partial charge in [-0.1, -0.05) is 27.5 Å². The second-order valence-corrected chi connectivity index (χ2v) is 7.54. The number of aliphatic hydroxyl groups is 1. The first-order chi connectivity index (χ1) is 8.80. The summed E-state index contributed by atoms with van der Waals surface area (Å²) in [5, 5.41) is 9.05. The van der Waals surface area contributed by atoms with Gasteiger partial charge in [-0.05, 0) is 38.5 Å². The van der Waals surface area contributed by atoms with Gasteiger partial charge in [0.15, 0.2) is 0 Å². The van der Waals surface area contributed by atoms with Gasteiger partial charge in [0.2, 0.25) is 10.0 Å². The van der Waals surface area contributed by atoms with Crippen molar-refractivity contribution >= 4 is 37.6 Å². The summed E-state index contributed by atoms with van der Waals surface area (Å²) >= 11 is 9.26. The van der Waals surface area contributed by atoms with Crippen LogP contribution in [-0.4, -0.2) is 37.0 Å². The largest absolute Gasteiger partial charge is 0.396 e. The van der Waals surface area contributed by atoms with Crippen molar-refractivity contribution in [1.29, 1.82) is 0 Å². The van der Waals surface area contributed by atoms with E-state index in [0.29, 0.717) is 6.42 Å². The van der Waals surface area contributed by atoms with E-state index in [2.05, 4.69) is 15.9 Å². The molecule has 0 saturated heterocycles. The van der Waals surface area contributed by atoms with Crippen LogP contribution in [0.3, 0.4) is 0 Å². The molecule has 0 saturated carbocycles. The predicted octanol–water partition coefficient (Wildman–Crippen LogP) is 2.88. The Hall–Kier alpha value is -0.140. The van der Waals surface area contributed by atoms with Gasteiger partial charge >= 0.3 is 0 Å². The third kappa shape index (κ3) is 4.16. The predicted molar refractivity (Wildman–Crippen MR) is 79.9 cm³/mol. The highest BCUT2D eigenvalue weighted by atomic mass is 79.9. The molecule has 1 rings (SSSR count). The molecule has 7 heteroatoms. The van der Waals surface area contributed by atoms with Gasteiger partial charge in [-0.25, -0.2) is 8.42 Å². The van der Waals surface area contributed by atoms with Crippen molar-refractivity contribution < 1.29 is 13.5 Å². The number of nitrogens with zero attached hydrogens (tertiary/aromatic N) is 1. The summed E-state index contributed by atoms with van der Waals surface area (Å²) in [6.07, 6.45) is 0.394. The topological polar surface area (TPSA) is 57.6 Å². The molecule has 0 aliphatic carbocycles. The van der Waals surface area contributed by atoms with Crippen molar-refractivity contribution in [2.24, 2.45) is 0 Å². The molecule has 1 N–H and O–H groups in total. The zero-order valence-electron chi connectivity index (χ0n) is 10.8. The van der Waals surface area contributed by atoms with Gasteiger partial charge in [0, 0.05) is 23.7 Å². The van der Waals surface area contributed by atoms with Crippen LogP contribution in [0.15, 0.2) is 27.6 Å². The fourth-order valence-corrected chi connectivity index (χ4v) is 4.38. The number of hydrogen-bond acceptors (Lipinski definition) is 3. The van der Waals surface area contributed by atoms with Crippen LogP contribution in [-0.2, 0) is 10.0 Å². The first-order valence-electron chi connectivity index (χ1n) is 5.88. The summed E-state index contributed by atoms with van der Waals surface area (Å²) in [7, 11) is -3.65. The van der Waals surface area contributed by atoms with Crippen molar-refractivity contribution in [3.8, 4) is 0 Å². The molecule has 0 amide bonds. The highest BCUT2D eigenvalue weighted by Crippen LogP contribution is 2.28. The standard InChI is InChI=1S/C12H17BrClNO3S/c1-9(2)15(6-3-7-16)19(17,18)12-5-4-10(13)8-11(12)14/h4-5,8-9,16H,3,6-7H2,1-2H3. The molecule has 0 aliphatic heterocycles. The Kier molecular flexibility index (Phi) is 6.26. The van der Waals surface area contributed by atoms with Gasteiger partial charge in [-0.3, -0.25) is 0 Å². The summed E-state index contributed by atoms with van der Waals surface area (Å²) < 4.78 is 27.2. The highest BCUT2D eigenvalue weighted by molar-refractivity contribution is 9.10. The zero-order valence-corrected chi connectivity index (χ0v) is 14.0. The fraction of sp³-hybridized carbons (Fsp3) is 0.500. The molecule has 0 radical (unpaired) electrons. The minimum Gasteiger partial charge on any atom is -0.396 e. The van der Waals surface area contributed by atoms with Gasteiger partial charge in [0.1, 0.15) is 4.90 Å². The van der Waals surface area contributed by atoms with Crippen molar-refractivity contribution in [3.63, 3.8) is 0 Å². The van der Waals surface area contributed by atoms with Gasteiger partial charge in [0.25, 0.3) is 0 Å². The van der Waals surface area contributed by atoms with Crippen molar-refractivity contribution in [3.05, 3.63) is 27.7 Å². The SMILES string of the molecule is CC(C)N(CCCO)S(=O)(=O)c1ccc(Br)cc1Cl. The number of sulfonamides is 1. The number of benzene rings is 1. The maximum Gasteiger partial charge on any atom is 0.244 e. The first kappa shape index (κ1) is 16.9. The zero-order chi connectivity index (χ0) is 14.6. The van der Waals surface area contributed by atoms with Crippen LogP contribution in [0.5, 0.6) is 0 Å². The lowest BCUT2D eigenvalue weighted by Gasteiger charge is -2.26. The molecule has 108 valence electrons. The van der Waals surface area contributed by atoms with E-state index in [4.69, 9.17) is 16.7 Å². The molecule has 19 heavy (non-hydrogen) atoms. The molecule has 0 atom stereocenters. The van der Waals surface area contributed by atoms with Crippen LogP contribution in [0, 0.1) is 0 Å². The molecular weight excluding hydrogens is 354 g/mol. The third-order valence-electron chi connectivity index (χ3n) is 2.59. The van der Waals surface area contributed by atoms with E-state index in [1.807, 2.05) is 0 Å². The van der Waals surface area contributed by atoms with E-state index in [0.717, 1.165) is 4.47 Å². The van der Waals surface area contributed by atoms with E-state index in [9.17, 15) is 8.42 Å². The molecule has 0 aromatic heterocycles. The summed E-state index contributed by atoms with van der Waals surface area (Å²) in [6, 6.07) is 4.48. The Balaban J connectivity index is 3.19. The van der Waals surface area contributed by atoms with E-state index in [-0.39, 0.29) is 29.1 Å². The van der Waals surface area contributed by atoms with Crippen molar-refractivity contribution in [2.75, 3.05) is 13.2 Å². The Morgan fingerprint density at radius 1 is 1.42 bits per heavy atom. The van der Waals surface area contributed by atoms with Gasteiger partial charge < -0.3 is 5.11 Å². The maximum absolute atomic E-state index is 12.6. The minimum atomic E-state index is -3.65. The third-order valence-corrected chi connectivity index (χ3v) is 5.64. The minimum absolute atomic E-state index is 0.0488. The molecule has 0 heterocycles. The molecule has 1 aromatic carbocycles. The lowest BCUT2D eigenvalue weighted by molar-refractivity contribution is 0.258. The Bertz CT molecular complexity index is 534. The van der Waals surface area contributed by atoms with E-state index < -0.39 is 10.0 Å². The molecule has 1 aromatic rings. The van der Waals surface area contributed by atoms with Crippen LogP contribution in [0.1, 0.15) is 20.3 Å². The number of rotatable bonds is 6. The van der Waals surface area contributed by atoms with Crippen LogP contribution in [0.4, 0.5) is 0 Å². The van der Waals surface area contributed by atoms with Gasteiger partial charge in [0.05, 0.1) is 5.02 Å². The van der Waals surface area contributed by atoms with Crippen molar-refractivity contribution in [1.82, 2.24) is 4.31 Å². The molecule has 0 aliphatic rings. The Morgan fingerprint density at radius 3 is 2.53 bits per heavy atom. The van der Waals surface area contributed by atoms with Crippen LogP contribution >= 0.6 is 27.5 Å². The van der Waals surface area contributed by atoms with E-state index >= 15 is 0 Å². The van der Waals surface area contributed by atoms with Crippen molar-refractivity contribution in [2.45, 2.75) is 31.2 Å². The van der Waals surface area contributed by atoms with Crippen LogP contribution < -0.4 is 0 Å². The fourth-order valence-electron chi connectivity index (χ4n) is 1.69. The quantitative estimate of drug-likeness (QED) is 0.837. The molecule has 0 spiro atoms. The lowest BCUT2D eigenvalue weighted by atomic mass is 10.3. The van der Waals surface area contributed by atoms with Gasteiger partial charge in [-0.15, -0.1) is 0 Å². The van der Waals surface area contributed by atoms with Crippen LogP contribution in [0.25, 0.3) is 0 Å². The number of halogens is 2. The summed E-state index contributed by atoms with van der Waals surface area (Å²) in [5.74, 6) is 0. The monoisotopic (exact) mass is 369 g/mol. The van der Waals surface area contributed by atoms with E-state index in [1.165, 1.54) is 10.4 Å². The average molecular weight is 371 g/mol. The molecule has 0 unspecified atom stereocenters. The second-order valence-electron chi connectivity index (χ2n) is 4.36. The Morgan fingerprint density at radius 2 is 2.05 bits per heavy atom. The lowest BCUT2D eigenvalue weighted by Crippen LogP contribution is -2.38. The molecular formula is C12H17BrClNO3S. The Labute approximate surface area is 127 Å². The smallest absolute Gasteiger partial charge is 0.244 e. The molecule has 4 nitrogen and oxygen atoms in total. The number of aliphatic hydroxyl groups excluding tert-OH is 1. The molecule has 0 fully saturated rings. The first-order valence-corrected chi connectivity index (χ1v) is 8.49. The summed E-state index contributed by atoms with van der Waals surface area (Å²) in [6.45, 7) is 3.80. The van der Waals surface area contributed by atoms with Gasteiger partial charge in [-0.2, -0.15) is 4.31 Å². The highest BCUT2D eigenvalue weighted by Gasteiger charge is 2.28. The maximum atomic E-state index is 12.6.